The van der Waals surface area contributed by atoms with E-state index in [1.54, 1.807) is 0 Å². The second-order valence-electron chi connectivity index (χ2n) is 6.51. The number of nitrogens with zero attached hydrogens (tertiary/aromatic N) is 4. The average molecular weight is 348 g/mol. The molecule has 1 saturated carbocycles. The Hall–Kier alpha value is -3.22. The number of anilines is 2. The summed E-state index contributed by atoms with van der Waals surface area (Å²) in [4.78, 5) is 12.3. The summed E-state index contributed by atoms with van der Waals surface area (Å²) < 4.78 is 1.86. The van der Waals surface area contributed by atoms with Crippen molar-refractivity contribution in [2.24, 2.45) is 0 Å². The van der Waals surface area contributed by atoms with Crippen molar-refractivity contribution in [3.8, 4) is 11.4 Å². The SMILES string of the molecule is Nc1ccccc1CCC(=O)Nc1cccc(-c2nnnn2C2CC2)c1. The number of nitrogens with one attached hydrogen (secondary N) is 1. The van der Waals surface area contributed by atoms with E-state index in [9.17, 15) is 4.79 Å². The van der Waals surface area contributed by atoms with Gasteiger partial charge in [0.1, 0.15) is 0 Å². The normalized spacial score (nSPS) is 13.5. The average Bonchev–Trinajstić information content (AvgIpc) is 3.38. The number of carbonyl (C=O) groups is 1. The minimum absolute atomic E-state index is 0.0489. The molecule has 1 aromatic heterocycles. The highest BCUT2D eigenvalue weighted by Gasteiger charge is 2.28. The number of carbonyl (C=O) groups excluding carboxylic acids is 1. The monoisotopic (exact) mass is 348 g/mol. The molecule has 26 heavy (non-hydrogen) atoms. The third kappa shape index (κ3) is 3.56. The Bertz CT molecular complexity index is 931. The molecule has 132 valence electrons. The standard InChI is InChI=1S/C19H20N6O/c20-17-7-2-1-4-13(17)8-11-18(26)21-15-6-3-5-14(12-15)19-22-23-24-25(19)16-9-10-16/h1-7,12,16H,8-11,20H2,(H,21,26). The van der Waals surface area contributed by atoms with E-state index < -0.39 is 0 Å². The van der Waals surface area contributed by atoms with Gasteiger partial charge < -0.3 is 11.1 Å². The van der Waals surface area contributed by atoms with Gasteiger partial charge in [-0.3, -0.25) is 4.79 Å². The second-order valence-corrected chi connectivity index (χ2v) is 6.51. The number of tetrazole rings is 1. The number of hydrogen-bond donors (Lipinski definition) is 2. The maximum atomic E-state index is 12.3. The number of aromatic nitrogens is 4. The number of nitrogens with two attached hydrogens (primary N) is 1. The van der Waals surface area contributed by atoms with Crippen molar-refractivity contribution in [1.29, 1.82) is 0 Å². The maximum Gasteiger partial charge on any atom is 0.224 e. The minimum Gasteiger partial charge on any atom is -0.399 e. The van der Waals surface area contributed by atoms with E-state index in [0.717, 1.165) is 35.5 Å². The van der Waals surface area contributed by atoms with Crippen LogP contribution in [0.1, 0.15) is 30.9 Å². The van der Waals surface area contributed by atoms with Gasteiger partial charge in [-0.2, -0.15) is 0 Å². The summed E-state index contributed by atoms with van der Waals surface area (Å²) in [6.45, 7) is 0. The van der Waals surface area contributed by atoms with Crippen molar-refractivity contribution in [1.82, 2.24) is 20.2 Å². The van der Waals surface area contributed by atoms with Gasteiger partial charge in [-0.25, -0.2) is 4.68 Å². The first kappa shape index (κ1) is 16.3. The van der Waals surface area contributed by atoms with E-state index in [1.165, 1.54) is 0 Å². The van der Waals surface area contributed by atoms with E-state index in [2.05, 4.69) is 20.8 Å². The zero-order chi connectivity index (χ0) is 17.9. The highest BCUT2D eigenvalue weighted by Crippen LogP contribution is 2.36. The molecule has 0 saturated heterocycles. The Morgan fingerprint density at radius 1 is 1.19 bits per heavy atom. The van der Waals surface area contributed by atoms with Gasteiger partial charge in [0.25, 0.3) is 0 Å². The molecule has 1 heterocycles. The zero-order valence-corrected chi connectivity index (χ0v) is 14.3. The lowest BCUT2D eigenvalue weighted by Gasteiger charge is -2.08. The lowest BCUT2D eigenvalue weighted by Crippen LogP contribution is -2.13. The Kier molecular flexibility index (Phi) is 4.35. The summed E-state index contributed by atoms with van der Waals surface area (Å²) in [7, 11) is 0. The molecule has 0 atom stereocenters. The minimum atomic E-state index is -0.0489. The van der Waals surface area contributed by atoms with Gasteiger partial charge in [0.15, 0.2) is 5.82 Å². The molecule has 3 aromatic rings. The van der Waals surface area contributed by atoms with Gasteiger partial charge in [-0.1, -0.05) is 30.3 Å². The van der Waals surface area contributed by atoms with Crippen molar-refractivity contribution in [2.45, 2.75) is 31.7 Å². The second kappa shape index (κ2) is 6.95. The van der Waals surface area contributed by atoms with Crippen molar-refractivity contribution in [2.75, 3.05) is 11.1 Å². The molecule has 4 rings (SSSR count). The highest BCUT2D eigenvalue weighted by atomic mass is 16.1. The quantitative estimate of drug-likeness (QED) is 0.667. The summed E-state index contributed by atoms with van der Waals surface area (Å²) in [5.41, 5.74) is 9.26. The first-order valence-corrected chi connectivity index (χ1v) is 8.72. The van der Waals surface area contributed by atoms with Crippen LogP contribution in [0, 0.1) is 0 Å². The Labute approximate surface area is 151 Å². The molecule has 1 fully saturated rings. The first-order valence-electron chi connectivity index (χ1n) is 8.72. The van der Waals surface area contributed by atoms with Crippen molar-refractivity contribution < 1.29 is 4.79 Å². The van der Waals surface area contributed by atoms with Crippen LogP contribution in [0.2, 0.25) is 0 Å². The lowest BCUT2D eigenvalue weighted by atomic mass is 10.1. The van der Waals surface area contributed by atoms with Crippen molar-refractivity contribution >= 4 is 17.3 Å². The van der Waals surface area contributed by atoms with Crippen LogP contribution in [0.3, 0.4) is 0 Å². The molecule has 0 aliphatic heterocycles. The van der Waals surface area contributed by atoms with Crippen molar-refractivity contribution in [3.63, 3.8) is 0 Å². The van der Waals surface area contributed by atoms with E-state index in [4.69, 9.17) is 5.73 Å². The van der Waals surface area contributed by atoms with Crippen LogP contribution >= 0.6 is 0 Å². The fourth-order valence-corrected chi connectivity index (χ4v) is 2.92. The van der Waals surface area contributed by atoms with Gasteiger partial charge in [-0.15, -0.1) is 5.10 Å². The zero-order valence-electron chi connectivity index (χ0n) is 14.3. The molecular weight excluding hydrogens is 328 g/mol. The van der Waals surface area contributed by atoms with Crippen LogP contribution in [-0.4, -0.2) is 26.1 Å². The van der Waals surface area contributed by atoms with Crippen LogP contribution in [0.25, 0.3) is 11.4 Å². The molecule has 0 bridgehead atoms. The summed E-state index contributed by atoms with van der Waals surface area (Å²) >= 11 is 0. The van der Waals surface area contributed by atoms with Crippen LogP contribution in [0.4, 0.5) is 11.4 Å². The molecule has 0 spiro atoms. The molecule has 7 heteroatoms. The summed E-state index contributed by atoms with van der Waals surface area (Å²) in [5, 5.41) is 14.9. The van der Waals surface area contributed by atoms with E-state index in [1.807, 2.05) is 53.2 Å². The fourth-order valence-electron chi connectivity index (χ4n) is 2.92. The Balaban J connectivity index is 1.43. The van der Waals surface area contributed by atoms with Crippen LogP contribution < -0.4 is 11.1 Å². The summed E-state index contributed by atoms with van der Waals surface area (Å²) in [5.74, 6) is 0.688. The Morgan fingerprint density at radius 2 is 2.04 bits per heavy atom. The summed E-state index contributed by atoms with van der Waals surface area (Å²) in [6, 6.07) is 15.6. The fraction of sp³-hybridized carbons (Fsp3) is 0.263. The lowest BCUT2D eigenvalue weighted by molar-refractivity contribution is -0.116. The molecule has 1 aliphatic carbocycles. The molecule has 7 nitrogen and oxygen atoms in total. The molecule has 1 aliphatic rings. The number of hydrogen-bond acceptors (Lipinski definition) is 5. The van der Waals surface area contributed by atoms with E-state index >= 15 is 0 Å². The number of aryl methyl sites for hydroxylation is 1. The molecular formula is C19H20N6O. The topological polar surface area (TPSA) is 98.7 Å². The molecule has 2 aromatic carbocycles. The van der Waals surface area contributed by atoms with E-state index in [0.29, 0.717) is 24.6 Å². The molecule has 0 unspecified atom stereocenters. The number of amides is 1. The van der Waals surface area contributed by atoms with Gasteiger partial charge in [0.05, 0.1) is 6.04 Å². The van der Waals surface area contributed by atoms with Crippen LogP contribution in [0.5, 0.6) is 0 Å². The third-order valence-electron chi connectivity index (χ3n) is 4.47. The molecule has 0 radical (unpaired) electrons. The van der Waals surface area contributed by atoms with Gasteiger partial charge in [0, 0.05) is 23.4 Å². The van der Waals surface area contributed by atoms with Crippen LogP contribution in [0.15, 0.2) is 48.5 Å². The van der Waals surface area contributed by atoms with Gasteiger partial charge in [-0.05, 0) is 53.5 Å². The summed E-state index contributed by atoms with van der Waals surface area (Å²) in [6.07, 6.45) is 3.20. The van der Waals surface area contributed by atoms with Gasteiger partial charge >= 0.3 is 0 Å². The predicted molar refractivity (Wildman–Crippen MR) is 99.3 cm³/mol. The predicted octanol–water partition coefficient (Wildman–Crippen LogP) is 2.83. The van der Waals surface area contributed by atoms with E-state index in [-0.39, 0.29) is 5.91 Å². The number of para-hydroxylation sites is 1. The number of rotatable bonds is 6. The number of benzene rings is 2. The smallest absolute Gasteiger partial charge is 0.224 e. The highest BCUT2D eigenvalue weighted by molar-refractivity contribution is 5.91. The first-order chi connectivity index (χ1) is 12.7. The number of nitrogen functional groups attached to an aromatic ring is 1. The maximum absolute atomic E-state index is 12.3. The largest absolute Gasteiger partial charge is 0.399 e. The van der Waals surface area contributed by atoms with Crippen molar-refractivity contribution in [3.05, 3.63) is 54.1 Å². The molecule has 3 N–H and O–H groups in total. The Morgan fingerprint density at radius 3 is 2.85 bits per heavy atom. The third-order valence-corrected chi connectivity index (χ3v) is 4.47. The van der Waals surface area contributed by atoms with Gasteiger partial charge in [0.2, 0.25) is 5.91 Å². The van der Waals surface area contributed by atoms with Crippen LogP contribution in [-0.2, 0) is 11.2 Å². The molecule has 1 amide bonds.